The molecular formula is C21H19N3O4. The van der Waals surface area contributed by atoms with Gasteiger partial charge in [0.25, 0.3) is 11.6 Å². The van der Waals surface area contributed by atoms with Crippen molar-refractivity contribution in [2.24, 2.45) is 0 Å². The van der Waals surface area contributed by atoms with E-state index in [1.54, 1.807) is 18.2 Å². The maximum absolute atomic E-state index is 12.5. The summed E-state index contributed by atoms with van der Waals surface area (Å²) in [6.45, 7) is 2.49. The third-order valence-corrected chi connectivity index (χ3v) is 4.08. The van der Waals surface area contributed by atoms with Crippen molar-refractivity contribution >= 4 is 11.6 Å². The molecule has 7 heteroatoms. The summed E-state index contributed by atoms with van der Waals surface area (Å²) in [6, 6.07) is 17.1. The number of carbonyl (C=O) groups excluding carboxylic acids is 1. The number of nitro groups is 1. The van der Waals surface area contributed by atoms with Crippen LogP contribution in [0.1, 0.15) is 21.5 Å². The predicted octanol–water partition coefficient (Wildman–Crippen LogP) is 4.06. The van der Waals surface area contributed by atoms with Crippen LogP contribution in [0.2, 0.25) is 0 Å². The largest absolute Gasteiger partial charge is 0.438 e. The van der Waals surface area contributed by atoms with Crippen molar-refractivity contribution in [1.29, 1.82) is 0 Å². The van der Waals surface area contributed by atoms with Gasteiger partial charge in [-0.25, -0.2) is 4.98 Å². The number of nitrogens with one attached hydrogen (secondary N) is 1. The molecule has 142 valence electrons. The van der Waals surface area contributed by atoms with E-state index < -0.39 is 4.92 Å². The molecule has 0 fully saturated rings. The lowest BCUT2D eigenvalue weighted by atomic mass is 10.1. The van der Waals surface area contributed by atoms with E-state index in [0.29, 0.717) is 13.0 Å². The summed E-state index contributed by atoms with van der Waals surface area (Å²) >= 11 is 0. The third kappa shape index (κ3) is 4.91. The monoisotopic (exact) mass is 377 g/mol. The number of pyridine rings is 1. The van der Waals surface area contributed by atoms with Crippen LogP contribution in [0.15, 0.2) is 66.9 Å². The number of rotatable bonds is 7. The average molecular weight is 377 g/mol. The van der Waals surface area contributed by atoms with E-state index in [0.717, 1.165) is 5.56 Å². The first kappa shape index (κ1) is 19.0. The first-order valence-corrected chi connectivity index (χ1v) is 8.74. The second kappa shape index (κ2) is 8.77. The van der Waals surface area contributed by atoms with E-state index in [4.69, 9.17) is 4.74 Å². The van der Waals surface area contributed by atoms with E-state index in [9.17, 15) is 14.9 Å². The normalized spacial score (nSPS) is 10.3. The summed E-state index contributed by atoms with van der Waals surface area (Å²) in [5, 5.41) is 13.8. The van der Waals surface area contributed by atoms with Gasteiger partial charge in [0, 0.05) is 18.8 Å². The lowest BCUT2D eigenvalue weighted by Crippen LogP contribution is -2.26. The van der Waals surface area contributed by atoms with Crippen molar-refractivity contribution in [3.05, 3.63) is 93.7 Å². The maximum Gasteiger partial charge on any atom is 0.273 e. The fourth-order valence-corrected chi connectivity index (χ4v) is 2.59. The van der Waals surface area contributed by atoms with Crippen LogP contribution in [0.3, 0.4) is 0 Å². The van der Waals surface area contributed by atoms with Gasteiger partial charge in [0.1, 0.15) is 11.3 Å². The summed E-state index contributed by atoms with van der Waals surface area (Å²) in [7, 11) is 0. The number of nitro benzene ring substituents is 1. The van der Waals surface area contributed by atoms with Crippen molar-refractivity contribution in [3.63, 3.8) is 0 Å². The second-order valence-corrected chi connectivity index (χ2v) is 6.20. The fourth-order valence-electron chi connectivity index (χ4n) is 2.59. The van der Waals surface area contributed by atoms with Gasteiger partial charge < -0.3 is 10.1 Å². The van der Waals surface area contributed by atoms with Crippen LogP contribution >= 0.6 is 0 Å². The standard InChI is InChI=1S/C21H19N3O4/c1-15-7-9-16(10-8-15)11-13-22-20(25)19-6-3-12-23-21(19)28-18-5-2-4-17(14-18)24(26)27/h2-10,12,14H,11,13H2,1H3,(H,22,25). The highest BCUT2D eigenvalue weighted by atomic mass is 16.6. The van der Waals surface area contributed by atoms with Crippen LogP contribution < -0.4 is 10.1 Å². The van der Waals surface area contributed by atoms with E-state index in [2.05, 4.69) is 10.3 Å². The SMILES string of the molecule is Cc1ccc(CCNC(=O)c2cccnc2Oc2cccc([N+](=O)[O-])c2)cc1. The fraction of sp³-hybridized carbons (Fsp3) is 0.143. The van der Waals surface area contributed by atoms with Gasteiger partial charge in [-0.3, -0.25) is 14.9 Å². The van der Waals surface area contributed by atoms with E-state index in [1.807, 2.05) is 31.2 Å². The topological polar surface area (TPSA) is 94.4 Å². The molecule has 0 radical (unpaired) electrons. The van der Waals surface area contributed by atoms with Crippen LogP contribution in [-0.2, 0) is 6.42 Å². The molecule has 2 aromatic carbocycles. The van der Waals surface area contributed by atoms with Crippen molar-refractivity contribution in [2.45, 2.75) is 13.3 Å². The molecule has 28 heavy (non-hydrogen) atoms. The van der Waals surface area contributed by atoms with Crippen LogP contribution in [-0.4, -0.2) is 22.4 Å². The first-order valence-electron chi connectivity index (χ1n) is 8.74. The quantitative estimate of drug-likeness (QED) is 0.495. The van der Waals surface area contributed by atoms with Gasteiger partial charge in [-0.05, 0) is 37.1 Å². The molecule has 1 aromatic heterocycles. The Morgan fingerprint density at radius 3 is 2.68 bits per heavy atom. The molecule has 0 atom stereocenters. The zero-order valence-electron chi connectivity index (χ0n) is 15.3. The number of hydrogen-bond donors (Lipinski definition) is 1. The number of ether oxygens (including phenoxy) is 1. The van der Waals surface area contributed by atoms with Gasteiger partial charge in [0.05, 0.1) is 11.0 Å². The number of hydrogen-bond acceptors (Lipinski definition) is 5. The lowest BCUT2D eigenvalue weighted by molar-refractivity contribution is -0.384. The van der Waals surface area contributed by atoms with Crippen molar-refractivity contribution < 1.29 is 14.5 Å². The molecule has 0 aliphatic heterocycles. The molecule has 0 unspecified atom stereocenters. The smallest absolute Gasteiger partial charge is 0.273 e. The highest BCUT2D eigenvalue weighted by molar-refractivity contribution is 5.96. The predicted molar refractivity (Wildman–Crippen MR) is 105 cm³/mol. The Kier molecular flexibility index (Phi) is 5.96. The van der Waals surface area contributed by atoms with Gasteiger partial charge in [0.15, 0.2) is 0 Å². The molecular weight excluding hydrogens is 358 g/mol. The van der Waals surface area contributed by atoms with Crippen molar-refractivity contribution in [3.8, 4) is 11.6 Å². The minimum atomic E-state index is -0.510. The molecule has 1 heterocycles. The summed E-state index contributed by atoms with van der Waals surface area (Å²) in [6.07, 6.45) is 2.20. The highest BCUT2D eigenvalue weighted by Gasteiger charge is 2.15. The molecule has 0 bridgehead atoms. The van der Waals surface area contributed by atoms with E-state index in [1.165, 1.54) is 30.0 Å². The van der Waals surface area contributed by atoms with Gasteiger partial charge >= 0.3 is 0 Å². The number of nitrogens with zero attached hydrogens (tertiary/aromatic N) is 2. The summed E-state index contributed by atoms with van der Waals surface area (Å²) in [5.41, 5.74) is 2.48. The van der Waals surface area contributed by atoms with Crippen LogP contribution in [0.4, 0.5) is 5.69 Å². The van der Waals surface area contributed by atoms with Gasteiger partial charge in [0.2, 0.25) is 5.88 Å². The molecule has 1 amide bonds. The Bertz CT molecular complexity index is 987. The second-order valence-electron chi connectivity index (χ2n) is 6.20. The first-order chi connectivity index (χ1) is 13.5. The zero-order valence-corrected chi connectivity index (χ0v) is 15.3. The highest BCUT2D eigenvalue weighted by Crippen LogP contribution is 2.26. The lowest BCUT2D eigenvalue weighted by Gasteiger charge is -2.10. The molecule has 0 aliphatic rings. The number of aryl methyl sites for hydroxylation is 1. The maximum atomic E-state index is 12.5. The molecule has 3 rings (SSSR count). The molecule has 3 aromatic rings. The number of non-ortho nitro benzene ring substituents is 1. The molecule has 0 aliphatic carbocycles. The zero-order chi connectivity index (χ0) is 19.9. The number of amides is 1. The Morgan fingerprint density at radius 1 is 1.14 bits per heavy atom. The van der Waals surface area contributed by atoms with Crippen LogP contribution in [0, 0.1) is 17.0 Å². The molecule has 0 spiro atoms. The minimum absolute atomic E-state index is 0.0934. The van der Waals surface area contributed by atoms with Gasteiger partial charge in [-0.1, -0.05) is 35.9 Å². The molecule has 0 saturated heterocycles. The summed E-state index contributed by atoms with van der Waals surface area (Å²) in [4.78, 5) is 27.0. The number of aromatic nitrogens is 1. The van der Waals surface area contributed by atoms with Gasteiger partial charge in [-0.2, -0.15) is 0 Å². The van der Waals surface area contributed by atoms with E-state index in [-0.39, 0.29) is 28.8 Å². The summed E-state index contributed by atoms with van der Waals surface area (Å²) < 4.78 is 5.62. The van der Waals surface area contributed by atoms with Crippen molar-refractivity contribution in [2.75, 3.05) is 6.54 Å². The summed E-state index contributed by atoms with van der Waals surface area (Å²) in [5.74, 6) is 0.0121. The minimum Gasteiger partial charge on any atom is -0.438 e. The third-order valence-electron chi connectivity index (χ3n) is 4.08. The average Bonchev–Trinajstić information content (AvgIpc) is 2.70. The number of benzene rings is 2. The van der Waals surface area contributed by atoms with E-state index >= 15 is 0 Å². The number of carbonyl (C=O) groups is 1. The Morgan fingerprint density at radius 2 is 1.93 bits per heavy atom. The van der Waals surface area contributed by atoms with Crippen LogP contribution in [0.5, 0.6) is 11.6 Å². The Hall–Kier alpha value is -3.74. The van der Waals surface area contributed by atoms with Crippen LogP contribution in [0.25, 0.3) is 0 Å². The Labute approximate surface area is 162 Å². The van der Waals surface area contributed by atoms with Gasteiger partial charge in [-0.15, -0.1) is 0 Å². The Balaban J connectivity index is 1.67. The molecule has 7 nitrogen and oxygen atoms in total. The van der Waals surface area contributed by atoms with Crippen molar-refractivity contribution in [1.82, 2.24) is 10.3 Å². The molecule has 1 N–H and O–H groups in total. The molecule has 0 saturated carbocycles.